The van der Waals surface area contributed by atoms with E-state index in [-0.39, 0.29) is 12.3 Å². The molecule has 1 unspecified atom stereocenters. The Morgan fingerprint density at radius 2 is 2.04 bits per heavy atom. The van der Waals surface area contributed by atoms with Crippen molar-refractivity contribution in [2.45, 2.75) is 12.5 Å². The molecule has 0 aliphatic rings. The van der Waals surface area contributed by atoms with Crippen LogP contribution in [0.15, 0.2) is 48.5 Å². The summed E-state index contributed by atoms with van der Waals surface area (Å²) in [5.41, 5.74) is 1.68. The predicted octanol–water partition coefficient (Wildman–Crippen LogP) is 2.07. The van der Waals surface area contributed by atoms with E-state index in [0.29, 0.717) is 17.1 Å². The first kappa shape index (κ1) is 15.8. The van der Waals surface area contributed by atoms with Gasteiger partial charge in [-0.25, -0.2) is 4.39 Å². The van der Waals surface area contributed by atoms with Gasteiger partial charge in [0.2, 0.25) is 11.7 Å². The van der Waals surface area contributed by atoms with Crippen molar-refractivity contribution in [2.24, 2.45) is 0 Å². The number of amides is 1. The number of H-pyrrole nitrogens is 1. The van der Waals surface area contributed by atoms with Crippen LogP contribution in [-0.4, -0.2) is 31.6 Å². The average molecular weight is 327 g/mol. The maximum atomic E-state index is 13.1. The molecule has 0 saturated carbocycles. The Kier molecular flexibility index (Phi) is 4.57. The zero-order chi connectivity index (χ0) is 16.9. The molecule has 3 N–H and O–H groups in total. The van der Waals surface area contributed by atoms with Crippen molar-refractivity contribution < 1.29 is 14.3 Å². The van der Waals surface area contributed by atoms with E-state index < -0.39 is 11.9 Å². The lowest BCUT2D eigenvalue weighted by atomic mass is 10.1. The van der Waals surface area contributed by atoms with E-state index in [1.54, 1.807) is 30.3 Å². The van der Waals surface area contributed by atoms with E-state index in [0.717, 1.165) is 5.56 Å². The summed E-state index contributed by atoms with van der Waals surface area (Å²) in [5, 5.41) is 26.2. The third kappa shape index (κ3) is 3.79. The summed E-state index contributed by atoms with van der Waals surface area (Å²) in [6.07, 6.45) is -1.24. The van der Waals surface area contributed by atoms with E-state index in [1.807, 2.05) is 0 Å². The van der Waals surface area contributed by atoms with Crippen LogP contribution in [0.3, 0.4) is 0 Å². The van der Waals surface area contributed by atoms with Crippen LogP contribution >= 0.6 is 0 Å². The monoisotopic (exact) mass is 327 g/mol. The van der Waals surface area contributed by atoms with Crippen molar-refractivity contribution in [2.75, 3.05) is 5.32 Å². The van der Waals surface area contributed by atoms with E-state index in [2.05, 4.69) is 25.9 Å². The van der Waals surface area contributed by atoms with Gasteiger partial charge in [-0.15, -0.1) is 10.2 Å². The highest BCUT2D eigenvalue weighted by molar-refractivity contribution is 5.91. The molecular weight excluding hydrogens is 313 g/mol. The van der Waals surface area contributed by atoms with Gasteiger partial charge in [0.05, 0.1) is 12.5 Å². The third-order valence-electron chi connectivity index (χ3n) is 3.38. The Bertz CT molecular complexity index is 821. The number of carbonyl (C=O) groups excluding carboxylic acids is 1. The van der Waals surface area contributed by atoms with Crippen molar-refractivity contribution in [1.29, 1.82) is 0 Å². The van der Waals surface area contributed by atoms with Gasteiger partial charge < -0.3 is 10.4 Å². The van der Waals surface area contributed by atoms with Crippen molar-refractivity contribution >= 4 is 11.6 Å². The van der Waals surface area contributed by atoms with Crippen LogP contribution in [0.25, 0.3) is 11.4 Å². The van der Waals surface area contributed by atoms with Gasteiger partial charge in [0.25, 0.3) is 0 Å². The number of tetrazole rings is 1. The fraction of sp³-hybridized carbons (Fsp3) is 0.125. The molecule has 0 spiro atoms. The lowest BCUT2D eigenvalue weighted by molar-refractivity contribution is -0.118. The van der Waals surface area contributed by atoms with Crippen LogP contribution in [0.1, 0.15) is 18.1 Å². The lowest BCUT2D eigenvalue weighted by Gasteiger charge is -2.11. The Hall–Kier alpha value is -3.13. The highest BCUT2D eigenvalue weighted by Gasteiger charge is 2.14. The molecule has 3 aromatic rings. The van der Waals surface area contributed by atoms with E-state index >= 15 is 0 Å². The number of anilines is 1. The zero-order valence-electron chi connectivity index (χ0n) is 12.5. The van der Waals surface area contributed by atoms with E-state index in [9.17, 15) is 14.3 Å². The van der Waals surface area contributed by atoms with Crippen molar-refractivity contribution in [1.82, 2.24) is 20.6 Å². The summed E-state index contributed by atoms with van der Waals surface area (Å²) in [6.45, 7) is 0. The van der Waals surface area contributed by atoms with Gasteiger partial charge in [0, 0.05) is 11.3 Å². The Morgan fingerprint density at radius 1 is 1.25 bits per heavy atom. The second-order valence-electron chi connectivity index (χ2n) is 5.14. The molecule has 0 radical (unpaired) electrons. The number of nitrogens with one attached hydrogen (secondary N) is 2. The predicted molar refractivity (Wildman–Crippen MR) is 84.2 cm³/mol. The molecule has 0 fully saturated rings. The molecule has 8 heteroatoms. The molecule has 0 saturated heterocycles. The van der Waals surface area contributed by atoms with Crippen molar-refractivity contribution in [3.63, 3.8) is 0 Å². The molecule has 1 atom stereocenters. The first-order valence-electron chi connectivity index (χ1n) is 7.19. The molecule has 1 amide bonds. The molecule has 7 nitrogen and oxygen atoms in total. The molecule has 3 rings (SSSR count). The summed E-state index contributed by atoms with van der Waals surface area (Å²) in [5.74, 6) is -0.377. The lowest BCUT2D eigenvalue weighted by Crippen LogP contribution is -2.15. The van der Waals surface area contributed by atoms with E-state index in [4.69, 9.17) is 0 Å². The second kappa shape index (κ2) is 6.97. The van der Waals surface area contributed by atoms with Gasteiger partial charge >= 0.3 is 0 Å². The van der Waals surface area contributed by atoms with Gasteiger partial charge in [0.1, 0.15) is 5.82 Å². The minimum Gasteiger partial charge on any atom is -0.388 e. The molecule has 0 aliphatic carbocycles. The van der Waals surface area contributed by atoms with Crippen molar-refractivity contribution in [3.8, 4) is 11.4 Å². The zero-order valence-corrected chi connectivity index (χ0v) is 12.5. The number of aliphatic hydroxyl groups excluding tert-OH is 1. The minimum absolute atomic E-state index is 0.171. The number of halogens is 1. The minimum atomic E-state index is -1.07. The van der Waals surface area contributed by atoms with Gasteiger partial charge in [-0.1, -0.05) is 12.1 Å². The largest absolute Gasteiger partial charge is 0.388 e. The average Bonchev–Trinajstić information content (AvgIpc) is 3.10. The quantitative estimate of drug-likeness (QED) is 0.665. The molecule has 1 heterocycles. The molecular formula is C16H14FN5O2. The summed E-state index contributed by atoms with van der Waals surface area (Å²) in [6, 6.07) is 12.4. The molecule has 24 heavy (non-hydrogen) atoms. The Labute approximate surface area is 136 Å². The molecule has 0 bridgehead atoms. The maximum Gasteiger partial charge on any atom is 0.227 e. The fourth-order valence-corrected chi connectivity index (χ4v) is 2.21. The number of benzene rings is 2. The highest BCUT2D eigenvalue weighted by Crippen LogP contribution is 2.20. The summed E-state index contributed by atoms with van der Waals surface area (Å²) in [7, 11) is 0. The van der Waals surface area contributed by atoms with Crippen LogP contribution in [0.4, 0.5) is 10.1 Å². The molecule has 122 valence electrons. The number of rotatable bonds is 5. The highest BCUT2D eigenvalue weighted by atomic mass is 19.1. The van der Waals surface area contributed by atoms with Crippen LogP contribution in [0.2, 0.25) is 0 Å². The smallest absolute Gasteiger partial charge is 0.227 e. The number of hydrogen-bond acceptors (Lipinski definition) is 5. The SMILES string of the molecule is O=C(CC(O)c1cccc(F)c1)Nc1ccc(-c2nn[nH]n2)cc1. The van der Waals surface area contributed by atoms with Crippen LogP contribution in [-0.2, 0) is 4.79 Å². The number of aromatic nitrogens is 4. The topological polar surface area (TPSA) is 104 Å². The number of carbonyl (C=O) groups is 1. The fourth-order valence-electron chi connectivity index (χ4n) is 2.21. The molecule has 0 aliphatic heterocycles. The first-order valence-corrected chi connectivity index (χ1v) is 7.19. The standard InChI is InChI=1S/C16H14FN5O2/c17-12-3-1-2-11(8-12)14(23)9-15(24)18-13-6-4-10(5-7-13)16-19-21-22-20-16/h1-8,14,23H,9H2,(H,18,24)(H,19,20,21,22). The summed E-state index contributed by atoms with van der Waals surface area (Å²) < 4.78 is 13.1. The third-order valence-corrected chi connectivity index (χ3v) is 3.38. The number of hydrogen-bond donors (Lipinski definition) is 3. The molecule has 2 aromatic carbocycles. The second-order valence-corrected chi connectivity index (χ2v) is 5.14. The number of aliphatic hydroxyl groups is 1. The molecule has 1 aromatic heterocycles. The van der Waals surface area contributed by atoms with E-state index in [1.165, 1.54) is 18.2 Å². The normalized spacial score (nSPS) is 11.9. The Balaban J connectivity index is 1.60. The van der Waals surface area contributed by atoms with Crippen LogP contribution in [0.5, 0.6) is 0 Å². The van der Waals surface area contributed by atoms with Gasteiger partial charge in [-0.3, -0.25) is 4.79 Å². The maximum absolute atomic E-state index is 13.1. The van der Waals surface area contributed by atoms with Crippen LogP contribution < -0.4 is 5.32 Å². The van der Waals surface area contributed by atoms with Gasteiger partial charge in [-0.05, 0) is 47.2 Å². The van der Waals surface area contributed by atoms with Gasteiger partial charge in [-0.2, -0.15) is 5.21 Å². The van der Waals surface area contributed by atoms with Crippen LogP contribution in [0, 0.1) is 5.82 Å². The summed E-state index contributed by atoms with van der Waals surface area (Å²) in [4.78, 5) is 12.0. The van der Waals surface area contributed by atoms with Gasteiger partial charge in [0.15, 0.2) is 0 Å². The number of nitrogens with zero attached hydrogens (tertiary/aromatic N) is 3. The first-order chi connectivity index (χ1) is 11.6. The van der Waals surface area contributed by atoms with Crippen molar-refractivity contribution in [3.05, 3.63) is 59.9 Å². The number of aromatic amines is 1. The summed E-state index contributed by atoms with van der Waals surface area (Å²) >= 11 is 0. The Morgan fingerprint density at radius 3 is 2.71 bits per heavy atom.